The molecule has 0 aliphatic carbocycles. The lowest BCUT2D eigenvalue weighted by Gasteiger charge is -2.06. The van der Waals surface area contributed by atoms with Gasteiger partial charge in [0.15, 0.2) is 0 Å². The summed E-state index contributed by atoms with van der Waals surface area (Å²) in [6, 6.07) is 22.6. The fraction of sp³-hybridized carbons (Fsp3) is 0.0556. The quantitative estimate of drug-likeness (QED) is 0.775. The van der Waals surface area contributed by atoms with E-state index in [0.29, 0.717) is 5.69 Å². The third-order valence-electron chi connectivity index (χ3n) is 3.32. The molecule has 0 spiro atoms. The van der Waals surface area contributed by atoms with Gasteiger partial charge in [0.05, 0.1) is 11.4 Å². The number of aromatic nitrogens is 1. The van der Waals surface area contributed by atoms with E-state index >= 15 is 0 Å². The van der Waals surface area contributed by atoms with Gasteiger partial charge in [0, 0.05) is 11.8 Å². The van der Waals surface area contributed by atoms with Crippen molar-refractivity contribution in [3.8, 4) is 11.3 Å². The van der Waals surface area contributed by atoms with Crippen molar-refractivity contribution >= 4 is 5.69 Å². The Morgan fingerprint density at radius 2 is 1.45 bits per heavy atom. The molecule has 0 fully saturated rings. The van der Waals surface area contributed by atoms with E-state index in [4.69, 9.17) is 5.73 Å². The number of hydrogen-bond donors (Lipinski definition) is 1. The van der Waals surface area contributed by atoms with Crippen molar-refractivity contribution in [2.45, 2.75) is 6.42 Å². The number of anilines is 1. The van der Waals surface area contributed by atoms with Crippen molar-refractivity contribution in [2.75, 3.05) is 5.73 Å². The van der Waals surface area contributed by atoms with Gasteiger partial charge in [-0.2, -0.15) is 0 Å². The summed E-state index contributed by atoms with van der Waals surface area (Å²) < 4.78 is 0. The molecule has 0 bridgehead atoms. The van der Waals surface area contributed by atoms with Gasteiger partial charge in [-0.15, -0.1) is 0 Å². The van der Waals surface area contributed by atoms with Gasteiger partial charge in [-0.3, -0.25) is 4.98 Å². The van der Waals surface area contributed by atoms with Crippen LogP contribution in [-0.4, -0.2) is 4.98 Å². The van der Waals surface area contributed by atoms with Crippen LogP contribution >= 0.6 is 0 Å². The van der Waals surface area contributed by atoms with Crippen LogP contribution in [0.5, 0.6) is 0 Å². The molecule has 1 heterocycles. The van der Waals surface area contributed by atoms with Gasteiger partial charge >= 0.3 is 0 Å². The summed E-state index contributed by atoms with van der Waals surface area (Å²) >= 11 is 0. The molecule has 0 saturated heterocycles. The average Bonchev–Trinajstić information content (AvgIpc) is 2.50. The minimum atomic E-state index is 0.711. The molecule has 3 aromatic rings. The van der Waals surface area contributed by atoms with Crippen LogP contribution in [0.4, 0.5) is 5.69 Å². The van der Waals surface area contributed by atoms with Crippen LogP contribution in [0.15, 0.2) is 72.9 Å². The standard InChI is InChI=1S/C18H16N2/c19-17-7-4-12-20-18(17)16-10-8-15(9-11-16)13-14-5-2-1-3-6-14/h1-12H,13,19H2. The summed E-state index contributed by atoms with van der Waals surface area (Å²) in [7, 11) is 0. The van der Waals surface area contributed by atoms with E-state index < -0.39 is 0 Å². The Morgan fingerprint density at radius 1 is 0.750 bits per heavy atom. The van der Waals surface area contributed by atoms with Crippen LogP contribution in [-0.2, 0) is 6.42 Å². The van der Waals surface area contributed by atoms with Crippen molar-refractivity contribution in [1.82, 2.24) is 4.98 Å². The molecular formula is C18H16N2. The van der Waals surface area contributed by atoms with Crippen LogP contribution in [0.25, 0.3) is 11.3 Å². The summed E-state index contributed by atoms with van der Waals surface area (Å²) in [5, 5.41) is 0. The number of pyridine rings is 1. The predicted octanol–water partition coefficient (Wildman–Crippen LogP) is 3.92. The SMILES string of the molecule is Nc1cccnc1-c1ccc(Cc2ccccc2)cc1. The maximum atomic E-state index is 5.95. The Labute approximate surface area is 118 Å². The lowest BCUT2D eigenvalue weighted by atomic mass is 10.0. The normalized spacial score (nSPS) is 10.4. The van der Waals surface area contributed by atoms with Crippen LogP contribution in [0.2, 0.25) is 0 Å². The highest BCUT2D eigenvalue weighted by molar-refractivity contribution is 5.72. The molecule has 2 nitrogen and oxygen atoms in total. The fourth-order valence-electron chi connectivity index (χ4n) is 2.27. The van der Waals surface area contributed by atoms with E-state index in [9.17, 15) is 0 Å². The highest BCUT2D eigenvalue weighted by atomic mass is 14.7. The Kier molecular flexibility index (Phi) is 3.46. The molecule has 2 aromatic carbocycles. The Hall–Kier alpha value is -2.61. The minimum absolute atomic E-state index is 0.711. The lowest BCUT2D eigenvalue weighted by molar-refractivity contribution is 1.19. The molecule has 0 atom stereocenters. The van der Waals surface area contributed by atoms with Gasteiger partial charge in [0.1, 0.15) is 0 Å². The van der Waals surface area contributed by atoms with E-state index in [1.807, 2.05) is 18.2 Å². The summed E-state index contributed by atoms with van der Waals surface area (Å²) in [5.74, 6) is 0. The predicted molar refractivity (Wildman–Crippen MR) is 83.3 cm³/mol. The average molecular weight is 260 g/mol. The molecule has 0 aliphatic rings. The first-order valence-electron chi connectivity index (χ1n) is 6.66. The molecule has 3 rings (SSSR count). The number of nitrogens with zero attached hydrogens (tertiary/aromatic N) is 1. The van der Waals surface area contributed by atoms with Gasteiger partial charge in [-0.05, 0) is 29.7 Å². The van der Waals surface area contributed by atoms with Crippen molar-refractivity contribution < 1.29 is 0 Å². The zero-order chi connectivity index (χ0) is 13.8. The second-order valence-electron chi connectivity index (χ2n) is 4.80. The fourth-order valence-corrected chi connectivity index (χ4v) is 2.27. The Morgan fingerprint density at radius 3 is 2.15 bits per heavy atom. The maximum Gasteiger partial charge on any atom is 0.0931 e. The van der Waals surface area contributed by atoms with Crippen LogP contribution in [0, 0.1) is 0 Å². The molecule has 98 valence electrons. The second kappa shape index (κ2) is 5.57. The number of hydrogen-bond acceptors (Lipinski definition) is 2. The van der Waals surface area contributed by atoms with Crippen LogP contribution < -0.4 is 5.73 Å². The summed E-state index contributed by atoms with van der Waals surface area (Å²) in [6.07, 6.45) is 2.71. The van der Waals surface area contributed by atoms with Gasteiger partial charge in [-0.1, -0.05) is 54.6 Å². The third kappa shape index (κ3) is 2.69. The third-order valence-corrected chi connectivity index (χ3v) is 3.32. The number of nitrogen functional groups attached to an aromatic ring is 1. The highest BCUT2D eigenvalue weighted by Crippen LogP contribution is 2.23. The van der Waals surface area contributed by atoms with Crippen molar-refractivity contribution in [3.63, 3.8) is 0 Å². The zero-order valence-corrected chi connectivity index (χ0v) is 11.2. The number of rotatable bonds is 3. The van der Waals surface area contributed by atoms with E-state index in [-0.39, 0.29) is 0 Å². The summed E-state index contributed by atoms with van der Waals surface area (Å²) in [5.41, 5.74) is 11.2. The Bertz CT molecular complexity index is 688. The molecule has 0 aliphatic heterocycles. The topological polar surface area (TPSA) is 38.9 Å². The first-order valence-corrected chi connectivity index (χ1v) is 6.66. The monoisotopic (exact) mass is 260 g/mol. The van der Waals surface area contributed by atoms with E-state index in [1.165, 1.54) is 11.1 Å². The minimum Gasteiger partial charge on any atom is -0.397 e. The van der Waals surface area contributed by atoms with Gasteiger partial charge < -0.3 is 5.73 Å². The first kappa shape index (κ1) is 12.4. The maximum absolute atomic E-state index is 5.95. The molecule has 20 heavy (non-hydrogen) atoms. The first-order chi connectivity index (χ1) is 9.83. The summed E-state index contributed by atoms with van der Waals surface area (Å²) in [4.78, 5) is 4.34. The number of nitrogens with two attached hydrogens (primary N) is 1. The van der Waals surface area contributed by atoms with Gasteiger partial charge in [-0.25, -0.2) is 0 Å². The highest BCUT2D eigenvalue weighted by Gasteiger charge is 2.03. The molecular weight excluding hydrogens is 244 g/mol. The van der Waals surface area contributed by atoms with E-state index in [1.54, 1.807) is 6.20 Å². The van der Waals surface area contributed by atoms with Crippen LogP contribution in [0.3, 0.4) is 0 Å². The van der Waals surface area contributed by atoms with Crippen molar-refractivity contribution in [1.29, 1.82) is 0 Å². The smallest absolute Gasteiger partial charge is 0.0931 e. The molecule has 2 N–H and O–H groups in total. The number of benzene rings is 2. The van der Waals surface area contributed by atoms with Crippen molar-refractivity contribution in [2.24, 2.45) is 0 Å². The largest absolute Gasteiger partial charge is 0.397 e. The van der Waals surface area contributed by atoms with E-state index in [2.05, 4.69) is 53.5 Å². The second-order valence-corrected chi connectivity index (χ2v) is 4.80. The van der Waals surface area contributed by atoms with E-state index in [0.717, 1.165) is 17.7 Å². The van der Waals surface area contributed by atoms with Crippen LogP contribution in [0.1, 0.15) is 11.1 Å². The van der Waals surface area contributed by atoms with Gasteiger partial charge in [0.25, 0.3) is 0 Å². The Balaban J connectivity index is 1.83. The molecule has 0 radical (unpaired) electrons. The molecule has 0 saturated carbocycles. The lowest BCUT2D eigenvalue weighted by Crippen LogP contribution is -1.93. The summed E-state index contributed by atoms with van der Waals surface area (Å²) in [6.45, 7) is 0. The molecule has 2 heteroatoms. The molecule has 1 aromatic heterocycles. The molecule has 0 amide bonds. The van der Waals surface area contributed by atoms with Crippen molar-refractivity contribution in [3.05, 3.63) is 84.1 Å². The molecule has 0 unspecified atom stereocenters. The van der Waals surface area contributed by atoms with Gasteiger partial charge in [0.2, 0.25) is 0 Å². The zero-order valence-electron chi connectivity index (χ0n) is 11.2.